The second-order valence-corrected chi connectivity index (χ2v) is 4.10. The third-order valence-electron chi connectivity index (χ3n) is 2.61. The Morgan fingerprint density at radius 2 is 2.32 bits per heavy atom. The second kappa shape index (κ2) is 5.38. The van der Waals surface area contributed by atoms with Gasteiger partial charge in [-0.1, -0.05) is 0 Å². The van der Waals surface area contributed by atoms with Gasteiger partial charge >= 0.3 is 5.97 Å². The molecule has 0 aromatic carbocycles. The van der Waals surface area contributed by atoms with Gasteiger partial charge in [0.1, 0.15) is 12.2 Å². The summed E-state index contributed by atoms with van der Waals surface area (Å²) in [5, 5.41) is 15.2. The molecule has 1 amide bonds. The highest BCUT2D eigenvalue weighted by atomic mass is 16.4. The Labute approximate surface area is 108 Å². The van der Waals surface area contributed by atoms with Crippen LogP contribution >= 0.6 is 0 Å². The summed E-state index contributed by atoms with van der Waals surface area (Å²) in [6, 6.07) is 1.48. The third-order valence-corrected chi connectivity index (χ3v) is 2.61. The van der Waals surface area contributed by atoms with Crippen molar-refractivity contribution in [3.05, 3.63) is 41.6 Å². The van der Waals surface area contributed by atoms with E-state index >= 15 is 0 Å². The summed E-state index contributed by atoms with van der Waals surface area (Å²) < 4.78 is 5.04. The molecule has 7 heteroatoms. The van der Waals surface area contributed by atoms with Crippen LogP contribution in [0.15, 0.2) is 29.1 Å². The molecule has 2 rings (SSSR count). The Balaban J connectivity index is 2.10. The molecule has 2 heterocycles. The number of furan rings is 1. The second-order valence-electron chi connectivity index (χ2n) is 4.10. The van der Waals surface area contributed by atoms with Crippen molar-refractivity contribution in [3.63, 3.8) is 0 Å². The fourth-order valence-electron chi connectivity index (χ4n) is 1.72. The molecule has 0 atom stereocenters. The zero-order valence-corrected chi connectivity index (χ0v) is 10.3. The van der Waals surface area contributed by atoms with E-state index in [1.165, 1.54) is 17.2 Å². The van der Waals surface area contributed by atoms with E-state index in [0.29, 0.717) is 6.54 Å². The van der Waals surface area contributed by atoms with E-state index < -0.39 is 5.97 Å². The molecule has 0 bridgehead atoms. The van der Waals surface area contributed by atoms with E-state index in [-0.39, 0.29) is 23.7 Å². The van der Waals surface area contributed by atoms with Gasteiger partial charge in [-0.15, -0.1) is 0 Å². The highest BCUT2D eigenvalue weighted by Crippen LogP contribution is 2.15. The summed E-state index contributed by atoms with van der Waals surface area (Å²) in [5.41, 5.74) is 1.13. The van der Waals surface area contributed by atoms with E-state index in [9.17, 15) is 9.59 Å². The molecule has 100 valence electrons. The summed E-state index contributed by atoms with van der Waals surface area (Å²) in [6.07, 6.45) is 4.32. The molecule has 0 aliphatic carbocycles. The fraction of sp³-hybridized carbons (Fsp3) is 0.250. The van der Waals surface area contributed by atoms with Gasteiger partial charge in [0.2, 0.25) is 0 Å². The maximum atomic E-state index is 12.2. The lowest BCUT2D eigenvalue weighted by Crippen LogP contribution is -2.26. The van der Waals surface area contributed by atoms with E-state index in [1.807, 2.05) is 0 Å². The van der Waals surface area contributed by atoms with Crippen molar-refractivity contribution in [1.82, 2.24) is 15.1 Å². The largest absolute Gasteiger partial charge is 0.481 e. The number of carboxylic acid groups (broad SMARTS) is 1. The summed E-state index contributed by atoms with van der Waals surface area (Å²) in [7, 11) is 1.63. The van der Waals surface area contributed by atoms with E-state index in [1.54, 1.807) is 19.4 Å². The fourth-order valence-corrected chi connectivity index (χ4v) is 1.72. The molecule has 0 saturated heterocycles. The minimum absolute atomic E-state index is 0.163. The first-order valence-electron chi connectivity index (χ1n) is 5.59. The molecule has 2 aromatic rings. The smallest absolute Gasteiger partial charge is 0.311 e. The maximum absolute atomic E-state index is 12.2. The number of nitrogens with zero attached hydrogens (tertiary/aromatic N) is 2. The monoisotopic (exact) mass is 263 g/mol. The molecular formula is C12H13N3O4. The summed E-state index contributed by atoms with van der Waals surface area (Å²) >= 11 is 0. The topological polar surface area (TPSA) is 99.4 Å². The van der Waals surface area contributed by atoms with Gasteiger partial charge in [-0.05, 0) is 6.07 Å². The molecule has 0 fully saturated rings. The standard InChI is InChI=1S/C12H13N3O4/c1-15(7-8-5-13-14-6-8)12(18)9-2-3-19-10(9)4-11(16)17/h2-3,5-6H,4,7H2,1H3,(H,13,14)(H,16,17). The lowest BCUT2D eigenvalue weighted by Gasteiger charge is -2.15. The zero-order chi connectivity index (χ0) is 13.8. The summed E-state index contributed by atoms with van der Waals surface area (Å²) in [6.45, 7) is 0.382. The number of hydrogen-bond donors (Lipinski definition) is 2. The van der Waals surface area contributed by atoms with Crippen LogP contribution in [0.1, 0.15) is 21.7 Å². The Hall–Kier alpha value is -2.57. The molecule has 7 nitrogen and oxygen atoms in total. The number of aromatic amines is 1. The normalized spacial score (nSPS) is 10.4. The minimum Gasteiger partial charge on any atom is -0.481 e. The summed E-state index contributed by atoms with van der Waals surface area (Å²) in [4.78, 5) is 24.3. The number of amides is 1. The quantitative estimate of drug-likeness (QED) is 0.835. The van der Waals surface area contributed by atoms with Crippen molar-refractivity contribution in [2.24, 2.45) is 0 Å². The average molecular weight is 263 g/mol. The number of hydrogen-bond acceptors (Lipinski definition) is 4. The first-order valence-corrected chi connectivity index (χ1v) is 5.59. The lowest BCUT2D eigenvalue weighted by molar-refractivity contribution is -0.136. The first kappa shape index (κ1) is 12.9. The van der Waals surface area contributed by atoms with Gasteiger partial charge < -0.3 is 14.4 Å². The van der Waals surface area contributed by atoms with Crippen LogP contribution in [-0.2, 0) is 17.8 Å². The van der Waals surface area contributed by atoms with Crippen LogP contribution in [0, 0.1) is 0 Å². The Bertz CT molecular complexity index is 574. The van der Waals surface area contributed by atoms with Crippen LogP contribution in [0.2, 0.25) is 0 Å². The van der Waals surface area contributed by atoms with E-state index in [4.69, 9.17) is 9.52 Å². The Morgan fingerprint density at radius 1 is 1.53 bits per heavy atom. The molecule has 0 spiro atoms. The Morgan fingerprint density at radius 3 is 2.95 bits per heavy atom. The van der Waals surface area contributed by atoms with Crippen LogP contribution in [0.5, 0.6) is 0 Å². The lowest BCUT2D eigenvalue weighted by atomic mass is 10.1. The van der Waals surface area contributed by atoms with Gasteiger partial charge in [0.25, 0.3) is 5.91 Å². The Kier molecular flexibility index (Phi) is 3.65. The van der Waals surface area contributed by atoms with Gasteiger partial charge in [0.15, 0.2) is 0 Å². The molecule has 0 radical (unpaired) electrons. The molecule has 0 aliphatic rings. The highest BCUT2D eigenvalue weighted by Gasteiger charge is 2.20. The predicted molar refractivity (Wildman–Crippen MR) is 64.4 cm³/mol. The molecule has 0 aliphatic heterocycles. The van der Waals surface area contributed by atoms with Crippen LogP contribution in [0.25, 0.3) is 0 Å². The third kappa shape index (κ3) is 3.01. The number of nitrogens with one attached hydrogen (secondary N) is 1. The van der Waals surface area contributed by atoms with Gasteiger partial charge in [-0.2, -0.15) is 5.10 Å². The molecular weight excluding hydrogens is 250 g/mol. The van der Waals surface area contributed by atoms with Crippen molar-refractivity contribution < 1.29 is 19.1 Å². The van der Waals surface area contributed by atoms with E-state index in [0.717, 1.165) is 5.56 Å². The average Bonchev–Trinajstić information content (AvgIpc) is 2.98. The van der Waals surface area contributed by atoms with Crippen molar-refractivity contribution in [1.29, 1.82) is 0 Å². The van der Waals surface area contributed by atoms with Crippen LogP contribution in [0.4, 0.5) is 0 Å². The van der Waals surface area contributed by atoms with Crippen molar-refractivity contribution in [2.45, 2.75) is 13.0 Å². The number of carboxylic acids is 1. The van der Waals surface area contributed by atoms with Gasteiger partial charge in [-0.25, -0.2) is 0 Å². The van der Waals surface area contributed by atoms with Crippen molar-refractivity contribution >= 4 is 11.9 Å². The SMILES string of the molecule is CN(Cc1cn[nH]c1)C(=O)c1ccoc1CC(=O)O. The number of carbonyl (C=O) groups excluding carboxylic acids is 1. The zero-order valence-electron chi connectivity index (χ0n) is 10.3. The van der Waals surface area contributed by atoms with Gasteiger partial charge in [0.05, 0.1) is 18.0 Å². The number of rotatable bonds is 5. The molecule has 0 unspecified atom stereocenters. The number of aromatic nitrogens is 2. The van der Waals surface area contributed by atoms with E-state index in [2.05, 4.69) is 10.2 Å². The van der Waals surface area contributed by atoms with Crippen LogP contribution in [0.3, 0.4) is 0 Å². The molecule has 0 saturated carbocycles. The van der Waals surface area contributed by atoms with Crippen molar-refractivity contribution in [3.8, 4) is 0 Å². The number of aliphatic carboxylic acids is 1. The number of carbonyl (C=O) groups is 2. The number of H-pyrrole nitrogens is 1. The maximum Gasteiger partial charge on any atom is 0.311 e. The van der Waals surface area contributed by atoms with Crippen LogP contribution in [-0.4, -0.2) is 39.1 Å². The van der Waals surface area contributed by atoms with Crippen LogP contribution < -0.4 is 0 Å². The minimum atomic E-state index is -1.04. The van der Waals surface area contributed by atoms with Crippen molar-refractivity contribution in [2.75, 3.05) is 7.05 Å². The predicted octanol–water partition coefficient (Wildman–Crippen LogP) is 0.902. The molecule has 2 aromatic heterocycles. The van der Waals surface area contributed by atoms with Gasteiger partial charge in [0, 0.05) is 25.4 Å². The molecule has 2 N–H and O–H groups in total. The van der Waals surface area contributed by atoms with Gasteiger partial charge in [-0.3, -0.25) is 14.7 Å². The summed E-state index contributed by atoms with van der Waals surface area (Å²) in [5.74, 6) is -1.16. The highest BCUT2D eigenvalue weighted by molar-refractivity contribution is 5.95. The molecule has 19 heavy (non-hydrogen) atoms. The first-order chi connectivity index (χ1) is 9.08.